The molecule has 0 bridgehead atoms. The largest absolute Gasteiger partial charge is 0.449 e. The fraction of sp³-hybridized carbons (Fsp3) is 0.308. The molecule has 0 spiro atoms. The summed E-state index contributed by atoms with van der Waals surface area (Å²) in [4.78, 5) is 4.31. The van der Waals surface area contributed by atoms with Gasteiger partial charge in [-0.3, -0.25) is 0 Å². The lowest BCUT2D eigenvalue weighted by Gasteiger charge is -2.11. The Hall–Kier alpha value is -1.70. The molecule has 7 heteroatoms. The average molecular weight is 296 g/mol. The lowest BCUT2D eigenvalue weighted by molar-refractivity contribution is 0.265. The summed E-state index contributed by atoms with van der Waals surface area (Å²) in [6, 6.07) is 5.78. The smallest absolute Gasteiger partial charge is 0.240 e. The molecule has 1 aromatic carbocycles. The van der Waals surface area contributed by atoms with Crippen molar-refractivity contribution in [2.45, 2.75) is 24.8 Å². The van der Waals surface area contributed by atoms with Crippen LogP contribution in [-0.4, -0.2) is 31.2 Å². The lowest BCUT2D eigenvalue weighted by Crippen LogP contribution is -2.34. The van der Waals surface area contributed by atoms with Gasteiger partial charge in [-0.05, 0) is 19.1 Å². The van der Waals surface area contributed by atoms with Crippen LogP contribution in [0.25, 0.3) is 11.3 Å². The third-order valence-corrected chi connectivity index (χ3v) is 4.32. The first-order valence-electron chi connectivity index (χ1n) is 6.08. The van der Waals surface area contributed by atoms with E-state index >= 15 is 0 Å². The summed E-state index contributed by atoms with van der Waals surface area (Å²) in [5.41, 5.74) is 1.43. The first kappa shape index (κ1) is 14.7. The lowest BCUT2D eigenvalue weighted by atomic mass is 10.2. The van der Waals surface area contributed by atoms with Crippen molar-refractivity contribution >= 4 is 10.0 Å². The highest BCUT2D eigenvalue weighted by Crippen LogP contribution is 2.20. The van der Waals surface area contributed by atoms with Crippen LogP contribution < -0.4 is 4.72 Å². The number of nitrogens with one attached hydrogen (secondary N) is 1. The minimum absolute atomic E-state index is 0.141. The van der Waals surface area contributed by atoms with Crippen LogP contribution in [0.2, 0.25) is 0 Å². The number of rotatable bonds is 5. The Morgan fingerprint density at radius 1 is 1.35 bits per heavy atom. The maximum Gasteiger partial charge on any atom is 0.240 e. The fourth-order valence-electron chi connectivity index (χ4n) is 1.67. The highest BCUT2D eigenvalue weighted by atomic mass is 32.2. The van der Waals surface area contributed by atoms with Crippen LogP contribution in [0, 0.1) is 6.92 Å². The van der Waals surface area contributed by atoms with Crippen molar-refractivity contribution in [3.05, 3.63) is 36.4 Å². The first-order chi connectivity index (χ1) is 9.42. The zero-order valence-corrected chi connectivity index (χ0v) is 12.0. The SMILES string of the molecule is Cc1nc(-c2ccc(S(=O)(=O)NC(C)CO)cc2)co1. The molecule has 0 aliphatic rings. The van der Waals surface area contributed by atoms with Gasteiger partial charge in [0.25, 0.3) is 0 Å². The van der Waals surface area contributed by atoms with Crippen LogP contribution in [-0.2, 0) is 10.0 Å². The number of benzene rings is 1. The number of nitrogens with zero attached hydrogens (tertiary/aromatic N) is 1. The third-order valence-electron chi connectivity index (χ3n) is 2.71. The normalized spacial score (nSPS) is 13.3. The van der Waals surface area contributed by atoms with Crippen molar-refractivity contribution < 1.29 is 17.9 Å². The maximum atomic E-state index is 12.0. The molecule has 0 radical (unpaired) electrons. The molecule has 1 unspecified atom stereocenters. The van der Waals surface area contributed by atoms with E-state index in [9.17, 15) is 8.42 Å². The van der Waals surface area contributed by atoms with Gasteiger partial charge in [-0.2, -0.15) is 0 Å². The maximum absolute atomic E-state index is 12.0. The Morgan fingerprint density at radius 2 is 2.00 bits per heavy atom. The predicted octanol–water partition coefficient (Wildman–Crippen LogP) is 1.31. The summed E-state index contributed by atoms with van der Waals surface area (Å²) in [6.45, 7) is 3.07. The molecule has 2 aromatic rings. The van der Waals surface area contributed by atoms with Crippen LogP contribution in [0.5, 0.6) is 0 Å². The number of aromatic nitrogens is 1. The van der Waals surface area contributed by atoms with E-state index in [1.54, 1.807) is 26.0 Å². The number of aliphatic hydroxyl groups excluding tert-OH is 1. The number of aliphatic hydroxyl groups is 1. The Bertz CT molecular complexity index is 677. The molecule has 0 amide bonds. The zero-order valence-electron chi connectivity index (χ0n) is 11.2. The fourth-order valence-corrected chi connectivity index (χ4v) is 2.91. The van der Waals surface area contributed by atoms with Crippen molar-refractivity contribution in [3.63, 3.8) is 0 Å². The summed E-state index contributed by atoms with van der Waals surface area (Å²) >= 11 is 0. The third kappa shape index (κ3) is 3.24. The minimum Gasteiger partial charge on any atom is -0.449 e. The second-order valence-electron chi connectivity index (χ2n) is 4.48. The molecule has 0 fully saturated rings. The molecule has 0 saturated carbocycles. The topological polar surface area (TPSA) is 92.4 Å². The van der Waals surface area contributed by atoms with Crippen LogP contribution in [0.15, 0.2) is 39.8 Å². The molecule has 6 nitrogen and oxygen atoms in total. The first-order valence-corrected chi connectivity index (χ1v) is 7.56. The van der Waals surface area contributed by atoms with Gasteiger partial charge < -0.3 is 9.52 Å². The van der Waals surface area contributed by atoms with Crippen molar-refractivity contribution in [1.29, 1.82) is 0 Å². The van der Waals surface area contributed by atoms with Gasteiger partial charge >= 0.3 is 0 Å². The zero-order chi connectivity index (χ0) is 14.8. The van der Waals surface area contributed by atoms with Gasteiger partial charge in [0.1, 0.15) is 12.0 Å². The highest BCUT2D eigenvalue weighted by molar-refractivity contribution is 7.89. The number of hydrogen-bond acceptors (Lipinski definition) is 5. The average Bonchev–Trinajstić information content (AvgIpc) is 2.85. The van der Waals surface area contributed by atoms with Gasteiger partial charge in [-0.1, -0.05) is 12.1 Å². The van der Waals surface area contributed by atoms with E-state index in [2.05, 4.69) is 9.71 Å². The summed E-state index contributed by atoms with van der Waals surface area (Å²) in [5, 5.41) is 8.89. The molecule has 0 saturated heterocycles. The Morgan fingerprint density at radius 3 is 2.50 bits per heavy atom. The molecule has 2 N–H and O–H groups in total. The molecule has 0 aliphatic carbocycles. The van der Waals surface area contributed by atoms with Gasteiger partial charge in [-0.15, -0.1) is 0 Å². The molecular formula is C13H16N2O4S. The van der Waals surface area contributed by atoms with Gasteiger partial charge in [0.15, 0.2) is 5.89 Å². The molecular weight excluding hydrogens is 280 g/mol. The van der Waals surface area contributed by atoms with Gasteiger partial charge in [0.05, 0.1) is 11.5 Å². The number of hydrogen-bond donors (Lipinski definition) is 2. The molecule has 1 atom stereocenters. The van der Waals surface area contributed by atoms with E-state index in [-0.39, 0.29) is 11.5 Å². The van der Waals surface area contributed by atoms with Gasteiger partial charge in [0.2, 0.25) is 10.0 Å². The Labute approximate surface area is 117 Å². The van der Waals surface area contributed by atoms with Crippen molar-refractivity contribution in [2.75, 3.05) is 6.61 Å². The van der Waals surface area contributed by atoms with E-state index in [4.69, 9.17) is 9.52 Å². The monoisotopic (exact) mass is 296 g/mol. The van der Waals surface area contributed by atoms with Gasteiger partial charge in [-0.25, -0.2) is 18.1 Å². The van der Waals surface area contributed by atoms with Crippen molar-refractivity contribution in [3.8, 4) is 11.3 Å². The molecule has 2 rings (SSSR count). The summed E-state index contributed by atoms with van der Waals surface area (Å²) in [7, 11) is -3.62. The second-order valence-corrected chi connectivity index (χ2v) is 6.20. The summed E-state index contributed by atoms with van der Waals surface area (Å²) in [6.07, 6.45) is 1.52. The van der Waals surface area contributed by atoms with Gasteiger partial charge in [0, 0.05) is 18.5 Å². The standard InChI is InChI=1S/C13H16N2O4S/c1-9(7-16)15-20(17,18)12-5-3-11(4-6-12)13-8-19-10(2)14-13/h3-6,8-9,15-16H,7H2,1-2H3. The highest BCUT2D eigenvalue weighted by Gasteiger charge is 2.17. The van der Waals surface area contributed by atoms with E-state index in [0.29, 0.717) is 11.6 Å². The Kier molecular flexibility index (Phi) is 4.22. The molecule has 1 heterocycles. The van der Waals surface area contributed by atoms with Crippen molar-refractivity contribution in [1.82, 2.24) is 9.71 Å². The van der Waals surface area contributed by atoms with E-state index in [0.717, 1.165) is 5.56 Å². The van der Waals surface area contributed by atoms with Crippen LogP contribution in [0.3, 0.4) is 0 Å². The van der Waals surface area contributed by atoms with E-state index in [1.807, 2.05) is 0 Å². The molecule has 20 heavy (non-hydrogen) atoms. The number of aryl methyl sites for hydroxylation is 1. The van der Waals surface area contributed by atoms with E-state index in [1.165, 1.54) is 18.4 Å². The molecule has 1 aromatic heterocycles. The number of sulfonamides is 1. The summed E-state index contributed by atoms with van der Waals surface area (Å²) in [5.74, 6) is 0.551. The minimum atomic E-state index is -3.62. The molecule has 108 valence electrons. The quantitative estimate of drug-likeness (QED) is 0.868. The predicted molar refractivity (Wildman–Crippen MR) is 73.5 cm³/mol. The number of oxazole rings is 1. The second kappa shape index (κ2) is 5.74. The molecule has 0 aliphatic heterocycles. The summed E-state index contributed by atoms with van der Waals surface area (Å²) < 4.78 is 31.5. The van der Waals surface area contributed by atoms with Crippen LogP contribution >= 0.6 is 0 Å². The van der Waals surface area contributed by atoms with E-state index < -0.39 is 16.1 Å². The van der Waals surface area contributed by atoms with Crippen LogP contribution in [0.4, 0.5) is 0 Å². The van der Waals surface area contributed by atoms with Crippen LogP contribution in [0.1, 0.15) is 12.8 Å². The Balaban J connectivity index is 2.24. The van der Waals surface area contributed by atoms with Crippen molar-refractivity contribution in [2.24, 2.45) is 0 Å².